The molecule has 3 heterocycles. The predicted molar refractivity (Wildman–Crippen MR) is 119 cm³/mol. The molecule has 0 spiro atoms. The van der Waals surface area contributed by atoms with Crippen LogP contribution < -0.4 is 0 Å². The van der Waals surface area contributed by atoms with E-state index >= 15 is 0 Å². The number of nitrogens with zero attached hydrogens (tertiary/aromatic N) is 4. The van der Waals surface area contributed by atoms with Gasteiger partial charge < -0.3 is 9.80 Å². The van der Waals surface area contributed by atoms with Crippen molar-refractivity contribution in [1.29, 1.82) is 0 Å². The maximum Gasteiger partial charge on any atom is 0.222 e. The Kier molecular flexibility index (Phi) is 5.95. The van der Waals surface area contributed by atoms with Gasteiger partial charge in [0.15, 0.2) is 0 Å². The monoisotopic (exact) mass is 392 g/mol. The highest BCUT2D eigenvalue weighted by atomic mass is 16.2. The third-order valence-corrected chi connectivity index (χ3v) is 6.51. The van der Waals surface area contributed by atoms with Gasteiger partial charge in [0.25, 0.3) is 0 Å². The van der Waals surface area contributed by atoms with Crippen molar-refractivity contribution in [1.82, 2.24) is 14.8 Å². The topological polar surface area (TPSA) is 48.8 Å². The molecule has 5 nitrogen and oxygen atoms in total. The summed E-state index contributed by atoms with van der Waals surface area (Å²) in [4.78, 5) is 26.3. The Labute approximate surface area is 173 Å². The minimum Gasteiger partial charge on any atom is -0.342 e. The number of likely N-dealkylation sites (tertiary alicyclic amines) is 2. The van der Waals surface area contributed by atoms with Gasteiger partial charge in [0.1, 0.15) is 0 Å². The molecule has 2 aromatic rings. The standard InChI is InChI=1S/C24H32N4O/c1-17-11-20(16-28(14-17)23(29)12-18-8-10-27(3)15-18)21-7-6-19(13-25-2)24-22(21)5-4-9-26-24/h4-7,9,13,17-18,20H,8,10-12,14-16H2,1-3H3/t17-,18?,20+/m1/s1. The predicted octanol–water partition coefficient (Wildman–Crippen LogP) is 3.58. The van der Waals surface area contributed by atoms with E-state index in [0.717, 1.165) is 50.1 Å². The Balaban J connectivity index is 1.57. The summed E-state index contributed by atoms with van der Waals surface area (Å²) in [6.07, 6.45) is 6.67. The summed E-state index contributed by atoms with van der Waals surface area (Å²) in [6, 6.07) is 8.50. The summed E-state index contributed by atoms with van der Waals surface area (Å²) in [5.41, 5.74) is 3.36. The minimum absolute atomic E-state index is 0.332. The molecule has 2 saturated heterocycles. The first-order chi connectivity index (χ1) is 14.0. The average molecular weight is 393 g/mol. The number of pyridine rings is 1. The van der Waals surface area contributed by atoms with Crippen LogP contribution in [0, 0.1) is 11.8 Å². The van der Waals surface area contributed by atoms with Crippen LogP contribution in [0.4, 0.5) is 0 Å². The molecule has 154 valence electrons. The van der Waals surface area contributed by atoms with E-state index in [-0.39, 0.29) is 0 Å². The minimum atomic E-state index is 0.332. The number of amides is 1. The molecule has 2 aliphatic heterocycles. The summed E-state index contributed by atoms with van der Waals surface area (Å²) in [5.74, 6) is 1.71. The maximum atomic E-state index is 13.1. The lowest BCUT2D eigenvalue weighted by Gasteiger charge is -2.37. The quantitative estimate of drug-likeness (QED) is 0.748. The number of hydrogen-bond donors (Lipinski definition) is 0. The molecule has 29 heavy (non-hydrogen) atoms. The molecule has 5 heteroatoms. The summed E-state index contributed by atoms with van der Waals surface area (Å²) in [6.45, 7) is 6.14. The SMILES string of the molecule is CN=Cc1ccc([C@H]2C[C@@H](C)CN(C(=O)CC3CCN(C)C3)C2)c2cccnc12. The molecule has 0 radical (unpaired) electrons. The van der Waals surface area contributed by atoms with Crippen molar-refractivity contribution in [2.75, 3.05) is 40.3 Å². The second-order valence-electron chi connectivity index (χ2n) is 8.99. The largest absolute Gasteiger partial charge is 0.342 e. The maximum absolute atomic E-state index is 13.1. The van der Waals surface area contributed by atoms with Gasteiger partial charge in [-0.2, -0.15) is 0 Å². The highest BCUT2D eigenvalue weighted by Crippen LogP contribution is 2.35. The summed E-state index contributed by atoms with van der Waals surface area (Å²) in [7, 11) is 3.94. The molecule has 4 rings (SSSR count). The van der Waals surface area contributed by atoms with E-state index in [1.54, 1.807) is 7.05 Å². The second-order valence-corrected chi connectivity index (χ2v) is 8.99. The Morgan fingerprint density at radius 3 is 2.90 bits per heavy atom. The van der Waals surface area contributed by atoms with Crippen molar-refractivity contribution < 1.29 is 4.79 Å². The van der Waals surface area contributed by atoms with E-state index in [1.165, 1.54) is 10.9 Å². The van der Waals surface area contributed by atoms with Crippen LogP contribution in [-0.4, -0.2) is 67.2 Å². The smallest absolute Gasteiger partial charge is 0.222 e. The molecule has 0 N–H and O–H groups in total. The zero-order valence-electron chi connectivity index (χ0n) is 17.8. The zero-order valence-corrected chi connectivity index (χ0v) is 17.8. The van der Waals surface area contributed by atoms with Crippen LogP contribution in [0.25, 0.3) is 10.9 Å². The van der Waals surface area contributed by atoms with Crippen molar-refractivity contribution >= 4 is 23.0 Å². The van der Waals surface area contributed by atoms with Crippen LogP contribution >= 0.6 is 0 Å². The number of aliphatic imine (C=N–C) groups is 1. The fourth-order valence-corrected chi connectivity index (χ4v) is 5.17. The van der Waals surface area contributed by atoms with Crippen molar-refractivity contribution in [2.45, 2.75) is 32.1 Å². The van der Waals surface area contributed by atoms with Gasteiger partial charge in [0.2, 0.25) is 5.91 Å². The van der Waals surface area contributed by atoms with Crippen LogP contribution in [0.2, 0.25) is 0 Å². The number of carbonyl (C=O) groups is 1. The number of fused-ring (bicyclic) bond motifs is 1. The second kappa shape index (κ2) is 8.62. The van der Waals surface area contributed by atoms with E-state index in [1.807, 2.05) is 18.5 Å². The fraction of sp³-hybridized carbons (Fsp3) is 0.542. The first-order valence-electron chi connectivity index (χ1n) is 10.8. The van der Waals surface area contributed by atoms with Crippen molar-refractivity contribution in [3.05, 3.63) is 41.6 Å². The Morgan fingerprint density at radius 1 is 1.28 bits per heavy atom. The number of benzene rings is 1. The van der Waals surface area contributed by atoms with Gasteiger partial charge in [-0.1, -0.05) is 25.1 Å². The number of hydrogen-bond acceptors (Lipinski definition) is 4. The molecular weight excluding hydrogens is 360 g/mol. The third kappa shape index (κ3) is 4.35. The molecular formula is C24H32N4O. The van der Waals surface area contributed by atoms with Crippen molar-refractivity contribution in [2.24, 2.45) is 16.8 Å². The van der Waals surface area contributed by atoms with Gasteiger partial charge >= 0.3 is 0 Å². The number of carbonyl (C=O) groups excluding carboxylic acids is 1. The average Bonchev–Trinajstić information content (AvgIpc) is 3.12. The fourth-order valence-electron chi connectivity index (χ4n) is 5.17. The lowest BCUT2D eigenvalue weighted by atomic mass is 9.83. The van der Waals surface area contributed by atoms with Gasteiger partial charge in [0, 0.05) is 62.4 Å². The third-order valence-electron chi connectivity index (χ3n) is 6.51. The molecule has 1 aromatic carbocycles. The van der Waals surface area contributed by atoms with E-state index in [4.69, 9.17) is 0 Å². The Hall–Kier alpha value is -2.27. The molecule has 1 aromatic heterocycles. The van der Waals surface area contributed by atoms with Crippen LogP contribution in [0.5, 0.6) is 0 Å². The van der Waals surface area contributed by atoms with E-state index in [2.05, 4.69) is 51.9 Å². The molecule has 1 amide bonds. The summed E-state index contributed by atoms with van der Waals surface area (Å²) < 4.78 is 0. The van der Waals surface area contributed by atoms with Crippen LogP contribution in [-0.2, 0) is 4.79 Å². The van der Waals surface area contributed by atoms with Gasteiger partial charge in [-0.25, -0.2) is 0 Å². The van der Waals surface area contributed by atoms with E-state index < -0.39 is 0 Å². The molecule has 3 atom stereocenters. The van der Waals surface area contributed by atoms with Gasteiger partial charge in [-0.3, -0.25) is 14.8 Å². The first-order valence-corrected chi connectivity index (χ1v) is 10.8. The zero-order chi connectivity index (χ0) is 20.4. The molecule has 2 aliphatic rings. The van der Waals surface area contributed by atoms with E-state index in [0.29, 0.717) is 30.1 Å². The summed E-state index contributed by atoms with van der Waals surface area (Å²) in [5, 5.41) is 1.19. The van der Waals surface area contributed by atoms with Crippen molar-refractivity contribution in [3.63, 3.8) is 0 Å². The number of aromatic nitrogens is 1. The highest BCUT2D eigenvalue weighted by Gasteiger charge is 2.31. The number of rotatable bonds is 4. The molecule has 0 bridgehead atoms. The molecule has 2 fully saturated rings. The molecule has 1 unspecified atom stereocenters. The molecule has 0 saturated carbocycles. The van der Waals surface area contributed by atoms with Crippen LogP contribution in [0.3, 0.4) is 0 Å². The number of piperidine rings is 1. The van der Waals surface area contributed by atoms with Crippen molar-refractivity contribution in [3.8, 4) is 0 Å². The van der Waals surface area contributed by atoms with Gasteiger partial charge in [-0.05, 0) is 49.9 Å². The van der Waals surface area contributed by atoms with Gasteiger partial charge in [-0.15, -0.1) is 0 Å². The molecule has 0 aliphatic carbocycles. The highest BCUT2D eigenvalue weighted by molar-refractivity contribution is 5.99. The van der Waals surface area contributed by atoms with Crippen LogP contribution in [0.15, 0.2) is 35.5 Å². The van der Waals surface area contributed by atoms with Gasteiger partial charge in [0.05, 0.1) is 5.52 Å². The first kappa shape index (κ1) is 20.0. The normalized spacial score (nSPS) is 25.9. The lowest BCUT2D eigenvalue weighted by Crippen LogP contribution is -2.43. The lowest BCUT2D eigenvalue weighted by molar-refractivity contribution is -0.134. The van der Waals surface area contributed by atoms with Crippen LogP contribution in [0.1, 0.15) is 43.2 Å². The Morgan fingerprint density at radius 2 is 2.14 bits per heavy atom. The van der Waals surface area contributed by atoms with E-state index in [9.17, 15) is 4.79 Å². The summed E-state index contributed by atoms with van der Waals surface area (Å²) >= 11 is 0. The Bertz CT molecular complexity index is 909.